The van der Waals surface area contributed by atoms with Gasteiger partial charge in [-0.3, -0.25) is 4.90 Å². The highest BCUT2D eigenvalue weighted by molar-refractivity contribution is 7.47. The van der Waals surface area contributed by atoms with Crippen molar-refractivity contribution in [3.05, 3.63) is 0 Å². The number of rotatable bonds is 2. The Balaban J connectivity index is 2.05. The molecule has 2 heterocycles. The second kappa shape index (κ2) is 6.28. The van der Waals surface area contributed by atoms with Crippen LogP contribution in [0.3, 0.4) is 0 Å². The van der Waals surface area contributed by atoms with E-state index < -0.39 is 39.0 Å². The summed E-state index contributed by atoms with van der Waals surface area (Å²) in [6.45, 7) is 0.547. The molecule has 0 bridgehead atoms. The van der Waals surface area contributed by atoms with Crippen LogP contribution in [0, 0.1) is 0 Å². The molecule has 0 aromatic heterocycles. The van der Waals surface area contributed by atoms with E-state index in [2.05, 4.69) is 0 Å². The maximum Gasteiger partial charge on any atom is 0.171 e. The molecule has 0 amide bonds. The molecule has 2 aliphatic rings. The monoisotopic (exact) mass is 295 g/mol. The van der Waals surface area contributed by atoms with Crippen LogP contribution in [-0.4, -0.2) is 80.1 Å². The summed E-state index contributed by atoms with van der Waals surface area (Å²) in [5, 5.41) is 39.2. The summed E-state index contributed by atoms with van der Waals surface area (Å²) in [6.07, 6.45) is -3.09. The molecule has 19 heavy (non-hydrogen) atoms. The smallest absolute Gasteiger partial charge is 0.171 e. The normalized spacial score (nSPS) is 49.3. The van der Waals surface area contributed by atoms with Gasteiger partial charge in [-0.1, -0.05) is 0 Å². The van der Waals surface area contributed by atoms with Crippen LogP contribution in [0.1, 0.15) is 19.3 Å². The molecule has 7 nitrogen and oxygen atoms in total. The Morgan fingerprint density at radius 2 is 1.84 bits per heavy atom. The lowest BCUT2D eigenvalue weighted by molar-refractivity contribution is -0.211. The Kier molecular flexibility index (Phi) is 5.14. The average molecular weight is 295 g/mol. The second-order valence-electron chi connectivity index (χ2n) is 5.29. The van der Waals surface area contributed by atoms with Gasteiger partial charge in [0.25, 0.3) is 0 Å². The number of hydrogen-bond donors (Lipinski definition) is 5. The fourth-order valence-corrected chi connectivity index (χ4v) is 4.10. The van der Waals surface area contributed by atoms with Gasteiger partial charge in [0.1, 0.15) is 18.4 Å². The summed E-state index contributed by atoms with van der Waals surface area (Å²) in [5.41, 5.74) is -0.0829. The van der Waals surface area contributed by atoms with Gasteiger partial charge in [-0.15, -0.1) is 0 Å². The summed E-state index contributed by atoms with van der Waals surface area (Å²) in [5.74, 6) is 0. The lowest BCUT2D eigenvalue weighted by atomic mass is 9.89. The highest BCUT2D eigenvalue weighted by Crippen LogP contribution is 2.47. The third kappa shape index (κ3) is 3.09. The number of likely N-dealkylation sites (N-methyl/N-ethyl adjacent to an activating group) is 1. The van der Waals surface area contributed by atoms with E-state index in [-0.39, 0.29) is 5.66 Å². The molecule has 112 valence electrons. The van der Waals surface area contributed by atoms with Gasteiger partial charge in [-0.05, 0) is 26.3 Å². The van der Waals surface area contributed by atoms with E-state index in [9.17, 15) is 25.3 Å². The molecule has 7 atom stereocenters. The van der Waals surface area contributed by atoms with E-state index in [1.54, 1.807) is 7.05 Å². The van der Waals surface area contributed by atoms with Crippen LogP contribution in [-0.2, 0) is 4.52 Å². The minimum absolute atomic E-state index is 0.0829. The van der Waals surface area contributed by atoms with Crippen LogP contribution in [0.15, 0.2) is 0 Å². The van der Waals surface area contributed by atoms with Gasteiger partial charge in [0.2, 0.25) is 0 Å². The summed E-state index contributed by atoms with van der Waals surface area (Å²) >= 11 is 0. The number of aliphatic hydroxyl groups is 4. The van der Waals surface area contributed by atoms with Crippen molar-refractivity contribution >= 4 is 8.38 Å². The molecule has 0 spiro atoms. The van der Waals surface area contributed by atoms with E-state index in [0.717, 1.165) is 12.8 Å². The Labute approximate surface area is 113 Å². The molecular formula is C11H22NO6P. The number of piperidine rings is 1. The molecule has 0 saturated carbocycles. The van der Waals surface area contributed by atoms with E-state index in [0.29, 0.717) is 13.0 Å². The standard InChI is InChI=1S/C11H22NO6P/c1-12-7(5-6-3-2-4-18-19(6)17)8(13)9(14)10(15)11(12)16/h6-11,13-17H,2-5H2,1H3/t6?,7?,8-,9?,10?,11-,19?/m1/s1. The highest BCUT2D eigenvalue weighted by Gasteiger charge is 2.46. The molecule has 8 heteroatoms. The zero-order valence-electron chi connectivity index (χ0n) is 10.8. The second-order valence-corrected chi connectivity index (χ2v) is 6.88. The SMILES string of the molecule is CN1C(CC2CCCOP2O)[C@@H](O)C(O)C(O)[C@H]1O. The van der Waals surface area contributed by atoms with Crippen molar-refractivity contribution in [2.75, 3.05) is 13.7 Å². The van der Waals surface area contributed by atoms with Crippen LogP contribution in [0.4, 0.5) is 0 Å². The van der Waals surface area contributed by atoms with Crippen LogP contribution in [0.25, 0.3) is 0 Å². The lowest BCUT2D eigenvalue weighted by Crippen LogP contribution is -2.65. The molecule has 0 radical (unpaired) electrons. The van der Waals surface area contributed by atoms with Crippen LogP contribution < -0.4 is 0 Å². The van der Waals surface area contributed by atoms with Crippen molar-refractivity contribution in [3.8, 4) is 0 Å². The Morgan fingerprint density at radius 1 is 1.16 bits per heavy atom. The van der Waals surface area contributed by atoms with E-state index in [4.69, 9.17) is 4.52 Å². The Bertz CT molecular complexity index is 293. The Hall–Kier alpha value is 0.150. The van der Waals surface area contributed by atoms with Crippen LogP contribution in [0.5, 0.6) is 0 Å². The number of nitrogens with zero attached hydrogens (tertiary/aromatic N) is 1. The van der Waals surface area contributed by atoms with E-state index in [1.165, 1.54) is 4.90 Å². The maximum absolute atomic E-state index is 10.0. The number of hydrogen-bond acceptors (Lipinski definition) is 7. The topological polar surface area (TPSA) is 114 Å². The van der Waals surface area contributed by atoms with Crippen molar-refractivity contribution < 1.29 is 29.8 Å². The average Bonchev–Trinajstić information content (AvgIpc) is 2.41. The van der Waals surface area contributed by atoms with E-state index >= 15 is 0 Å². The number of likely N-dealkylation sites (tertiary alicyclic amines) is 1. The zero-order chi connectivity index (χ0) is 14.2. The van der Waals surface area contributed by atoms with Crippen LogP contribution in [0.2, 0.25) is 0 Å². The highest BCUT2D eigenvalue weighted by atomic mass is 31.2. The largest absolute Gasteiger partial charge is 0.389 e. The molecule has 2 aliphatic heterocycles. The molecular weight excluding hydrogens is 273 g/mol. The molecule has 0 aromatic rings. The first-order chi connectivity index (χ1) is 8.93. The molecule has 2 saturated heterocycles. The van der Waals surface area contributed by atoms with Crippen LogP contribution >= 0.6 is 8.38 Å². The quantitative estimate of drug-likeness (QED) is 0.397. The van der Waals surface area contributed by atoms with Gasteiger partial charge >= 0.3 is 0 Å². The number of aliphatic hydroxyl groups excluding tert-OH is 4. The van der Waals surface area contributed by atoms with Gasteiger partial charge < -0.3 is 29.8 Å². The minimum Gasteiger partial charge on any atom is -0.389 e. The predicted molar refractivity (Wildman–Crippen MR) is 68.3 cm³/mol. The molecule has 5 unspecified atom stereocenters. The van der Waals surface area contributed by atoms with Crippen molar-refractivity contribution in [1.29, 1.82) is 0 Å². The third-order valence-corrected chi connectivity index (χ3v) is 5.61. The van der Waals surface area contributed by atoms with Gasteiger partial charge in [0, 0.05) is 11.7 Å². The first-order valence-electron chi connectivity index (χ1n) is 6.48. The van der Waals surface area contributed by atoms with Gasteiger partial charge in [0.05, 0.1) is 12.7 Å². The Morgan fingerprint density at radius 3 is 2.47 bits per heavy atom. The predicted octanol–water partition coefficient (Wildman–Crippen LogP) is -1.43. The summed E-state index contributed by atoms with van der Waals surface area (Å²) in [7, 11) is 0.0592. The van der Waals surface area contributed by atoms with Crippen molar-refractivity contribution in [3.63, 3.8) is 0 Å². The third-order valence-electron chi connectivity index (χ3n) is 4.07. The molecule has 5 N–H and O–H groups in total. The van der Waals surface area contributed by atoms with Crippen molar-refractivity contribution in [2.24, 2.45) is 0 Å². The molecule has 0 aliphatic carbocycles. The fraction of sp³-hybridized carbons (Fsp3) is 1.00. The van der Waals surface area contributed by atoms with Gasteiger partial charge in [-0.2, -0.15) is 0 Å². The fourth-order valence-electron chi connectivity index (χ4n) is 2.77. The first kappa shape index (κ1) is 15.5. The van der Waals surface area contributed by atoms with Crippen molar-refractivity contribution in [1.82, 2.24) is 4.90 Å². The maximum atomic E-state index is 10.0. The summed E-state index contributed by atoms with van der Waals surface area (Å²) in [6, 6.07) is -0.516. The van der Waals surface area contributed by atoms with Crippen molar-refractivity contribution in [2.45, 2.75) is 55.5 Å². The van der Waals surface area contributed by atoms with Gasteiger partial charge in [0.15, 0.2) is 8.38 Å². The first-order valence-corrected chi connectivity index (χ1v) is 7.77. The van der Waals surface area contributed by atoms with Gasteiger partial charge in [-0.25, -0.2) is 0 Å². The summed E-state index contributed by atoms with van der Waals surface area (Å²) < 4.78 is 5.22. The summed E-state index contributed by atoms with van der Waals surface area (Å²) in [4.78, 5) is 11.3. The molecule has 0 aromatic carbocycles. The van der Waals surface area contributed by atoms with E-state index in [1.807, 2.05) is 0 Å². The molecule has 2 fully saturated rings. The molecule has 2 rings (SSSR count). The minimum atomic E-state index is -1.52. The lowest BCUT2D eigenvalue weighted by Gasteiger charge is -2.46. The zero-order valence-corrected chi connectivity index (χ0v) is 11.7.